The fraction of sp³-hybridized carbons (Fsp3) is 0.714. The van der Waals surface area contributed by atoms with Crippen molar-refractivity contribution in [1.29, 1.82) is 0 Å². The molecule has 106 valence electrons. The number of rotatable bonds is 3. The molecule has 1 aromatic heterocycles. The van der Waals surface area contributed by atoms with Crippen LogP contribution >= 0.6 is 15.9 Å². The van der Waals surface area contributed by atoms with Gasteiger partial charge in [0.15, 0.2) is 4.67 Å². The minimum Gasteiger partial charge on any atom is -0.453 e. The lowest BCUT2D eigenvalue weighted by molar-refractivity contribution is -0.117. The number of morpholine rings is 1. The largest absolute Gasteiger partial charge is 0.453 e. The molecule has 2 aliphatic rings. The van der Waals surface area contributed by atoms with Gasteiger partial charge in [0.2, 0.25) is 0 Å². The Morgan fingerprint density at radius 1 is 1.42 bits per heavy atom. The zero-order chi connectivity index (χ0) is 13.2. The Kier molecular flexibility index (Phi) is 4.27. The van der Waals surface area contributed by atoms with Gasteiger partial charge in [-0.2, -0.15) is 0 Å². The molecule has 2 heterocycles. The van der Waals surface area contributed by atoms with Gasteiger partial charge in [-0.1, -0.05) is 0 Å². The average Bonchev–Trinajstić information content (AvgIpc) is 2.84. The molecule has 1 aliphatic carbocycles. The summed E-state index contributed by atoms with van der Waals surface area (Å²) in [5.41, 5.74) is 0. The minimum absolute atomic E-state index is 0.360. The fourth-order valence-corrected chi connectivity index (χ4v) is 3.53. The number of furan rings is 1. The van der Waals surface area contributed by atoms with E-state index in [1.807, 2.05) is 19.2 Å². The zero-order valence-corrected chi connectivity index (χ0v) is 12.8. The first-order chi connectivity index (χ1) is 9.26. The van der Waals surface area contributed by atoms with Crippen molar-refractivity contribution >= 4 is 15.9 Å². The second kappa shape index (κ2) is 5.95. The molecule has 0 amide bonds. The number of nitrogens with zero attached hydrogens (tertiary/aromatic N) is 1. The van der Waals surface area contributed by atoms with E-state index in [1.54, 1.807) is 0 Å². The van der Waals surface area contributed by atoms with Gasteiger partial charge in [-0.25, -0.2) is 0 Å². The van der Waals surface area contributed by atoms with Crippen LogP contribution in [-0.2, 0) is 16.0 Å². The molecule has 3 rings (SSSR count). The molecule has 1 saturated heterocycles. The fourth-order valence-electron chi connectivity index (χ4n) is 3.19. The van der Waals surface area contributed by atoms with E-state index >= 15 is 0 Å². The molecule has 3 atom stereocenters. The molecule has 0 aromatic carbocycles. The van der Waals surface area contributed by atoms with Crippen molar-refractivity contribution in [1.82, 2.24) is 4.90 Å². The molecule has 1 aliphatic heterocycles. The van der Waals surface area contributed by atoms with Gasteiger partial charge in [-0.05, 0) is 47.3 Å². The molecule has 0 bridgehead atoms. The summed E-state index contributed by atoms with van der Waals surface area (Å²) in [7, 11) is 1.81. The first kappa shape index (κ1) is 13.6. The minimum atomic E-state index is 0.360. The van der Waals surface area contributed by atoms with Crippen molar-refractivity contribution in [2.24, 2.45) is 0 Å². The van der Waals surface area contributed by atoms with E-state index in [2.05, 4.69) is 20.8 Å². The van der Waals surface area contributed by atoms with Crippen LogP contribution < -0.4 is 0 Å². The molecule has 0 spiro atoms. The van der Waals surface area contributed by atoms with Crippen molar-refractivity contribution in [2.45, 2.75) is 44.1 Å². The van der Waals surface area contributed by atoms with E-state index < -0.39 is 0 Å². The maximum Gasteiger partial charge on any atom is 0.169 e. The van der Waals surface area contributed by atoms with Crippen LogP contribution in [0.4, 0.5) is 0 Å². The highest BCUT2D eigenvalue weighted by atomic mass is 79.9. The predicted octanol–water partition coefficient (Wildman–Crippen LogP) is 2.81. The normalized spacial score (nSPS) is 32.2. The van der Waals surface area contributed by atoms with Gasteiger partial charge in [-0.15, -0.1) is 0 Å². The average molecular weight is 330 g/mol. The molecule has 0 unspecified atom stereocenters. The SMILES string of the molecule is CO[C@@H]1CC[C@@H]2OCCN(Cc3ccc(Br)o3)[C@@H]2C1. The number of ether oxygens (including phenoxy) is 2. The number of methoxy groups -OCH3 is 1. The van der Waals surface area contributed by atoms with Crippen molar-refractivity contribution in [3.63, 3.8) is 0 Å². The van der Waals surface area contributed by atoms with Crippen LogP contribution in [-0.4, -0.2) is 43.4 Å². The van der Waals surface area contributed by atoms with E-state index in [1.165, 1.54) is 0 Å². The molecule has 19 heavy (non-hydrogen) atoms. The standard InChI is InChI=1S/C14H20BrNO3/c1-17-10-2-4-13-12(8-10)16(6-7-18-13)9-11-3-5-14(15)19-11/h3,5,10,12-13H,2,4,6-9H2,1H3/t10-,12-,13+/m1/s1. The van der Waals surface area contributed by atoms with Gasteiger partial charge in [0.1, 0.15) is 5.76 Å². The molecule has 2 fully saturated rings. The lowest BCUT2D eigenvalue weighted by atomic mass is 9.88. The van der Waals surface area contributed by atoms with Crippen LogP contribution in [0.25, 0.3) is 0 Å². The quantitative estimate of drug-likeness (QED) is 0.854. The third kappa shape index (κ3) is 3.05. The maximum absolute atomic E-state index is 5.91. The van der Waals surface area contributed by atoms with Gasteiger partial charge in [-0.3, -0.25) is 4.90 Å². The summed E-state index contributed by atoms with van der Waals surface area (Å²) in [6, 6.07) is 4.44. The highest BCUT2D eigenvalue weighted by Gasteiger charge is 2.38. The van der Waals surface area contributed by atoms with E-state index in [4.69, 9.17) is 13.9 Å². The number of hydrogen-bond acceptors (Lipinski definition) is 4. The molecular formula is C14H20BrNO3. The zero-order valence-electron chi connectivity index (χ0n) is 11.2. The van der Waals surface area contributed by atoms with Crippen molar-refractivity contribution in [2.75, 3.05) is 20.3 Å². The van der Waals surface area contributed by atoms with Crippen LogP contribution in [0.2, 0.25) is 0 Å². The number of hydrogen-bond donors (Lipinski definition) is 0. The Balaban J connectivity index is 1.69. The first-order valence-electron chi connectivity index (χ1n) is 6.89. The summed E-state index contributed by atoms with van der Waals surface area (Å²) in [5, 5.41) is 0. The lowest BCUT2D eigenvalue weighted by Gasteiger charge is -2.45. The van der Waals surface area contributed by atoms with Crippen LogP contribution in [0.1, 0.15) is 25.0 Å². The van der Waals surface area contributed by atoms with Crippen LogP contribution in [0, 0.1) is 0 Å². The van der Waals surface area contributed by atoms with Gasteiger partial charge in [0.25, 0.3) is 0 Å². The molecule has 5 heteroatoms. The van der Waals surface area contributed by atoms with Gasteiger partial charge in [0, 0.05) is 19.7 Å². The molecule has 4 nitrogen and oxygen atoms in total. The Hall–Kier alpha value is -0.360. The predicted molar refractivity (Wildman–Crippen MR) is 75.0 cm³/mol. The Bertz CT molecular complexity index is 423. The Labute approximate surface area is 122 Å². The van der Waals surface area contributed by atoms with E-state index in [9.17, 15) is 0 Å². The summed E-state index contributed by atoms with van der Waals surface area (Å²) in [4.78, 5) is 2.48. The molecule has 1 aromatic rings. The third-order valence-electron chi connectivity index (χ3n) is 4.21. The van der Waals surface area contributed by atoms with Crippen molar-refractivity contribution in [3.8, 4) is 0 Å². The summed E-state index contributed by atoms with van der Waals surface area (Å²) in [5.74, 6) is 1.01. The van der Waals surface area contributed by atoms with Crippen molar-refractivity contribution < 1.29 is 13.9 Å². The monoisotopic (exact) mass is 329 g/mol. The van der Waals surface area contributed by atoms with Crippen LogP contribution in [0.3, 0.4) is 0 Å². The Morgan fingerprint density at radius 3 is 3.05 bits per heavy atom. The van der Waals surface area contributed by atoms with Gasteiger partial charge < -0.3 is 13.9 Å². The molecular weight excluding hydrogens is 310 g/mol. The Morgan fingerprint density at radius 2 is 2.32 bits per heavy atom. The molecule has 0 N–H and O–H groups in total. The summed E-state index contributed by atoms with van der Waals surface area (Å²) >= 11 is 3.36. The summed E-state index contributed by atoms with van der Waals surface area (Å²) in [6.45, 7) is 2.64. The van der Waals surface area contributed by atoms with Crippen LogP contribution in [0.5, 0.6) is 0 Å². The van der Waals surface area contributed by atoms with E-state index in [0.29, 0.717) is 18.2 Å². The topological polar surface area (TPSA) is 34.8 Å². The maximum atomic E-state index is 5.91. The van der Waals surface area contributed by atoms with Gasteiger partial charge in [0.05, 0.1) is 25.4 Å². The van der Waals surface area contributed by atoms with E-state index in [-0.39, 0.29) is 0 Å². The smallest absolute Gasteiger partial charge is 0.169 e. The summed E-state index contributed by atoms with van der Waals surface area (Å²) in [6.07, 6.45) is 4.00. The second-order valence-corrected chi connectivity index (χ2v) is 6.11. The molecule has 1 saturated carbocycles. The third-order valence-corrected chi connectivity index (χ3v) is 4.63. The number of halogens is 1. The highest BCUT2D eigenvalue weighted by Crippen LogP contribution is 2.31. The van der Waals surface area contributed by atoms with Crippen molar-refractivity contribution in [3.05, 3.63) is 22.6 Å². The first-order valence-corrected chi connectivity index (χ1v) is 7.68. The van der Waals surface area contributed by atoms with Crippen LogP contribution in [0.15, 0.2) is 21.2 Å². The van der Waals surface area contributed by atoms with E-state index in [0.717, 1.165) is 49.4 Å². The summed E-state index contributed by atoms with van der Waals surface area (Å²) < 4.78 is 17.9. The lowest BCUT2D eigenvalue weighted by Crippen LogP contribution is -2.54. The molecule has 0 radical (unpaired) electrons. The van der Waals surface area contributed by atoms with Gasteiger partial charge >= 0.3 is 0 Å². The second-order valence-electron chi connectivity index (χ2n) is 5.32. The number of fused-ring (bicyclic) bond motifs is 1. The highest BCUT2D eigenvalue weighted by molar-refractivity contribution is 9.10.